The van der Waals surface area contributed by atoms with Gasteiger partial charge < -0.3 is 4.74 Å². The van der Waals surface area contributed by atoms with Gasteiger partial charge in [-0.25, -0.2) is 4.79 Å². The highest BCUT2D eigenvalue weighted by molar-refractivity contribution is 7.66. The molecule has 2 nitrogen and oxygen atoms in total. The predicted octanol–water partition coefficient (Wildman–Crippen LogP) is 4.42. The van der Waals surface area contributed by atoms with Gasteiger partial charge in [0.2, 0.25) is 0 Å². The summed E-state index contributed by atoms with van der Waals surface area (Å²) in [5, 5.41) is 0. The van der Waals surface area contributed by atoms with Gasteiger partial charge in [-0.2, -0.15) is 0 Å². The van der Waals surface area contributed by atoms with Crippen LogP contribution in [0.25, 0.3) is 0 Å². The first-order valence-corrected chi connectivity index (χ1v) is 10.4. The first-order valence-electron chi connectivity index (χ1n) is 5.33. The van der Waals surface area contributed by atoms with Gasteiger partial charge in [0, 0.05) is 5.57 Å². The molecule has 98 valence electrons. The molecule has 0 aromatic rings. The number of halogens is 3. The lowest BCUT2D eigenvalue weighted by Crippen LogP contribution is -2.15. The average Bonchev–Trinajstić information content (AvgIpc) is 2.15. The Labute approximate surface area is 118 Å². The number of ether oxygens (including phenoxy) is 1. The SMILES string of the molecule is C=C(C)C(=O)OC(C)CCCC=C[Si](Cl)(Cl)Cl. The minimum atomic E-state index is -2.64. The number of allylic oxidation sites excluding steroid dienone is 1. The molecule has 0 fully saturated rings. The Morgan fingerprint density at radius 3 is 2.53 bits per heavy atom. The van der Waals surface area contributed by atoms with E-state index in [9.17, 15) is 4.79 Å². The van der Waals surface area contributed by atoms with Gasteiger partial charge in [0.05, 0.1) is 6.10 Å². The van der Waals surface area contributed by atoms with E-state index < -0.39 is 6.00 Å². The highest BCUT2D eigenvalue weighted by Gasteiger charge is 2.19. The Kier molecular flexibility index (Phi) is 8.21. The third kappa shape index (κ3) is 10.9. The van der Waals surface area contributed by atoms with Crippen molar-refractivity contribution in [3.63, 3.8) is 0 Å². The number of esters is 1. The molecular formula is C11H17Cl3O2Si. The molecule has 0 saturated carbocycles. The normalized spacial score (nSPS) is 13.7. The summed E-state index contributed by atoms with van der Waals surface area (Å²) in [4.78, 5) is 11.2. The van der Waals surface area contributed by atoms with Gasteiger partial charge in [0.25, 0.3) is 0 Å². The average molecular weight is 316 g/mol. The molecule has 0 aliphatic heterocycles. The van der Waals surface area contributed by atoms with E-state index in [1.807, 2.05) is 13.0 Å². The van der Waals surface area contributed by atoms with Gasteiger partial charge in [-0.1, -0.05) is 18.4 Å². The monoisotopic (exact) mass is 314 g/mol. The zero-order valence-electron chi connectivity index (χ0n) is 10.0. The Bertz CT molecular complexity index is 298. The van der Waals surface area contributed by atoms with E-state index in [0.29, 0.717) is 5.57 Å². The number of rotatable bonds is 7. The molecule has 0 aromatic heterocycles. The second kappa shape index (κ2) is 8.19. The predicted molar refractivity (Wildman–Crippen MR) is 76.7 cm³/mol. The van der Waals surface area contributed by atoms with Crippen LogP contribution in [0.5, 0.6) is 0 Å². The summed E-state index contributed by atoms with van der Waals surface area (Å²) >= 11 is 17.0. The van der Waals surface area contributed by atoms with Crippen molar-refractivity contribution >= 4 is 45.2 Å². The van der Waals surface area contributed by atoms with E-state index in [1.165, 1.54) is 0 Å². The van der Waals surface area contributed by atoms with Crippen LogP contribution in [0, 0.1) is 0 Å². The fraction of sp³-hybridized carbons (Fsp3) is 0.545. The Morgan fingerprint density at radius 2 is 2.06 bits per heavy atom. The summed E-state index contributed by atoms with van der Waals surface area (Å²) in [5.74, 6) is -0.346. The van der Waals surface area contributed by atoms with Gasteiger partial charge >= 0.3 is 12.0 Å². The zero-order valence-corrected chi connectivity index (χ0v) is 13.3. The standard InChI is InChI=1S/C11H17Cl3O2Si/c1-9(2)11(15)16-10(3)7-5-4-6-8-17(12,13)14/h6,8,10H,1,4-5,7H2,2-3H3. The van der Waals surface area contributed by atoms with E-state index in [1.54, 1.807) is 12.6 Å². The maximum absolute atomic E-state index is 11.2. The molecule has 0 radical (unpaired) electrons. The Morgan fingerprint density at radius 1 is 1.47 bits per heavy atom. The Hall–Kier alpha value is 0.0369. The van der Waals surface area contributed by atoms with Crippen LogP contribution in [0.2, 0.25) is 0 Å². The van der Waals surface area contributed by atoms with Crippen LogP contribution in [0.15, 0.2) is 23.9 Å². The summed E-state index contributed by atoms with van der Waals surface area (Å²) in [5.41, 5.74) is 2.07. The number of carbonyl (C=O) groups is 1. The van der Waals surface area contributed by atoms with Crippen molar-refractivity contribution in [1.82, 2.24) is 0 Å². The van der Waals surface area contributed by atoms with Crippen molar-refractivity contribution in [3.8, 4) is 0 Å². The first-order chi connectivity index (χ1) is 7.72. The molecule has 0 heterocycles. The lowest BCUT2D eigenvalue weighted by Gasteiger charge is -2.12. The van der Waals surface area contributed by atoms with Gasteiger partial charge in [-0.3, -0.25) is 0 Å². The van der Waals surface area contributed by atoms with Crippen LogP contribution in [0.1, 0.15) is 33.1 Å². The lowest BCUT2D eigenvalue weighted by atomic mass is 10.2. The molecule has 6 heteroatoms. The van der Waals surface area contributed by atoms with Crippen molar-refractivity contribution in [1.29, 1.82) is 0 Å². The number of hydrogen-bond donors (Lipinski definition) is 0. The summed E-state index contributed by atoms with van der Waals surface area (Å²) in [6.07, 6.45) is 4.24. The first kappa shape index (κ1) is 17.0. The van der Waals surface area contributed by atoms with Crippen molar-refractivity contribution < 1.29 is 9.53 Å². The van der Waals surface area contributed by atoms with Crippen LogP contribution < -0.4 is 0 Å². The summed E-state index contributed by atoms with van der Waals surface area (Å²) < 4.78 is 5.13. The maximum atomic E-state index is 11.2. The fourth-order valence-electron chi connectivity index (χ4n) is 1.08. The summed E-state index contributed by atoms with van der Waals surface area (Å²) in [6, 6.07) is -2.64. The van der Waals surface area contributed by atoms with E-state index in [4.69, 9.17) is 38.0 Å². The molecule has 0 amide bonds. The van der Waals surface area contributed by atoms with Crippen LogP contribution in [-0.4, -0.2) is 18.1 Å². The van der Waals surface area contributed by atoms with Crippen LogP contribution in [0.4, 0.5) is 0 Å². The molecule has 0 N–H and O–H groups in total. The summed E-state index contributed by atoms with van der Waals surface area (Å²) in [7, 11) is 0. The second-order valence-electron chi connectivity index (χ2n) is 3.87. The highest BCUT2D eigenvalue weighted by atomic mass is 35.8. The van der Waals surface area contributed by atoms with E-state index in [-0.39, 0.29) is 12.1 Å². The van der Waals surface area contributed by atoms with E-state index >= 15 is 0 Å². The smallest absolute Gasteiger partial charge is 0.365 e. The highest BCUT2D eigenvalue weighted by Crippen LogP contribution is 2.21. The van der Waals surface area contributed by atoms with Crippen LogP contribution in [0.3, 0.4) is 0 Å². The molecular weight excluding hydrogens is 299 g/mol. The van der Waals surface area contributed by atoms with Crippen LogP contribution in [-0.2, 0) is 9.53 Å². The topological polar surface area (TPSA) is 26.3 Å². The van der Waals surface area contributed by atoms with Gasteiger partial charge in [-0.05, 0) is 33.1 Å². The lowest BCUT2D eigenvalue weighted by molar-refractivity contribution is -0.143. The number of carbonyl (C=O) groups excluding carboxylic acids is 1. The van der Waals surface area contributed by atoms with Gasteiger partial charge in [0.15, 0.2) is 0 Å². The summed E-state index contributed by atoms with van der Waals surface area (Å²) in [6.45, 7) is 7.00. The van der Waals surface area contributed by atoms with Gasteiger partial charge in [-0.15, -0.1) is 33.2 Å². The molecule has 0 aromatic carbocycles. The molecule has 1 unspecified atom stereocenters. The third-order valence-corrected chi connectivity index (χ3v) is 3.69. The number of unbranched alkanes of at least 4 members (excludes halogenated alkanes) is 1. The Balaban J connectivity index is 3.72. The molecule has 0 rings (SSSR count). The minimum absolute atomic E-state index is 0.113. The number of hydrogen-bond acceptors (Lipinski definition) is 2. The third-order valence-electron chi connectivity index (χ3n) is 1.94. The largest absolute Gasteiger partial charge is 0.459 e. The fourth-order valence-corrected chi connectivity index (χ4v) is 2.32. The van der Waals surface area contributed by atoms with Crippen molar-refractivity contribution in [2.45, 2.75) is 39.2 Å². The zero-order chi connectivity index (χ0) is 13.5. The van der Waals surface area contributed by atoms with Crippen molar-refractivity contribution in [2.24, 2.45) is 0 Å². The van der Waals surface area contributed by atoms with Crippen molar-refractivity contribution in [2.75, 3.05) is 0 Å². The molecule has 17 heavy (non-hydrogen) atoms. The van der Waals surface area contributed by atoms with E-state index in [0.717, 1.165) is 19.3 Å². The molecule has 0 spiro atoms. The van der Waals surface area contributed by atoms with E-state index in [2.05, 4.69) is 6.58 Å². The quantitative estimate of drug-likeness (QED) is 0.229. The molecule has 0 aliphatic carbocycles. The molecule has 0 bridgehead atoms. The molecule has 1 atom stereocenters. The molecule has 0 saturated heterocycles. The van der Waals surface area contributed by atoms with Crippen molar-refractivity contribution in [3.05, 3.63) is 23.9 Å². The molecule has 0 aliphatic rings. The maximum Gasteiger partial charge on any atom is 0.365 e. The van der Waals surface area contributed by atoms with Gasteiger partial charge in [0.1, 0.15) is 0 Å². The minimum Gasteiger partial charge on any atom is -0.459 e. The van der Waals surface area contributed by atoms with Crippen LogP contribution >= 0.6 is 33.2 Å². The second-order valence-corrected chi connectivity index (χ2v) is 12.4.